The number of nitrogens with one attached hydrogen (secondary N) is 1. The van der Waals surface area contributed by atoms with Crippen LogP contribution in [0.1, 0.15) is 46.0 Å². The van der Waals surface area contributed by atoms with E-state index in [4.69, 9.17) is 0 Å². The van der Waals surface area contributed by atoms with Gasteiger partial charge in [0.05, 0.1) is 0 Å². The molecule has 1 aliphatic heterocycles. The molecule has 4 nitrogen and oxygen atoms in total. The Hall–Kier alpha value is -1.32. The van der Waals surface area contributed by atoms with Crippen molar-refractivity contribution in [2.75, 3.05) is 0 Å². The zero-order chi connectivity index (χ0) is 12.2. The summed E-state index contributed by atoms with van der Waals surface area (Å²) >= 11 is 0. The van der Waals surface area contributed by atoms with E-state index in [2.05, 4.69) is 5.32 Å². The summed E-state index contributed by atoms with van der Waals surface area (Å²) in [6.07, 6.45) is 5.37. The summed E-state index contributed by atoms with van der Waals surface area (Å²) in [7, 11) is 0. The molecule has 0 saturated carbocycles. The summed E-state index contributed by atoms with van der Waals surface area (Å²) in [6.45, 7) is 3.96. The molecule has 1 amide bonds. The van der Waals surface area contributed by atoms with E-state index in [1.54, 1.807) is 6.08 Å². The highest BCUT2D eigenvalue weighted by atomic mass is 16.4. The van der Waals surface area contributed by atoms with Crippen molar-refractivity contribution in [3.63, 3.8) is 0 Å². The van der Waals surface area contributed by atoms with Crippen LogP contribution in [0.3, 0.4) is 0 Å². The number of rotatable bonds is 6. The molecule has 0 aromatic heterocycles. The molecule has 0 aromatic carbocycles. The van der Waals surface area contributed by atoms with Crippen LogP contribution in [-0.4, -0.2) is 22.5 Å². The molecule has 2 N–H and O–H groups in total. The van der Waals surface area contributed by atoms with Crippen molar-refractivity contribution in [1.82, 2.24) is 5.32 Å². The zero-order valence-electron chi connectivity index (χ0n) is 9.88. The Morgan fingerprint density at radius 2 is 2.12 bits per heavy atom. The fourth-order valence-electron chi connectivity index (χ4n) is 1.99. The Labute approximate surface area is 95.7 Å². The van der Waals surface area contributed by atoms with E-state index in [0.29, 0.717) is 18.4 Å². The lowest BCUT2D eigenvalue weighted by atomic mass is 9.94. The lowest BCUT2D eigenvalue weighted by molar-refractivity contribution is -0.144. The van der Waals surface area contributed by atoms with Gasteiger partial charge in [0.1, 0.15) is 0 Å². The van der Waals surface area contributed by atoms with Crippen LogP contribution >= 0.6 is 0 Å². The summed E-state index contributed by atoms with van der Waals surface area (Å²) in [5, 5.41) is 11.8. The maximum Gasteiger partial charge on any atom is 0.333 e. The predicted molar refractivity (Wildman–Crippen MR) is 61.0 cm³/mol. The Balaban J connectivity index is 2.86. The van der Waals surface area contributed by atoms with Crippen LogP contribution in [0.5, 0.6) is 0 Å². The Bertz CT molecular complexity index is 322. The molecule has 0 aromatic rings. The highest BCUT2D eigenvalue weighted by molar-refractivity contribution is 6.03. The van der Waals surface area contributed by atoms with Crippen molar-refractivity contribution in [2.45, 2.75) is 51.5 Å². The van der Waals surface area contributed by atoms with Gasteiger partial charge in [-0.3, -0.25) is 4.79 Å². The van der Waals surface area contributed by atoms with E-state index in [9.17, 15) is 14.7 Å². The number of hydrogen-bond acceptors (Lipinski definition) is 2. The van der Waals surface area contributed by atoms with Crippen molar-refractivity contribution in [3.8, 4) is 0 Å². The molecule has 1 rings (SSSR count). The summed E-state index contributed by atoms with van der Waals surface area (Å²) in [5.41, 5.74) is -0.535. The highest BCUT2D eigenvalue weighted by Crippen LogP contribution is 2.26. The maximum absolute atomic E-state index is 11.6. The van der Waals surface area contributed by atoms with Gasteiger partial charge in [0.25, 0.3) is 0 Å². The second-order valence-corrected chi connectivity index (χ2v) is 4.25. The number of unbranched alkanes of at least 4 members (excludes halogenated alkanes) is 1. The van der Waals surface area contributed by atoms with Crippen LogP contribution < -0.4 is 5.32 Å². The van der Waals surface area contributed by atoms with Crippen molar-refractivity contribution in [1.29, 1.82) is 0 Å². The van der Waals surface area contributed by atoms with E-state index in [1.807, 2.05) is 13.8 Å². The minimum Gasteiger partial charge on any atom is -0.479 e. The second kappa shape index (κ2) is 5.14. The molecule has 0 fully saturated rings. The first-order valence-corrected chi connectivity index (χ1v) is 5.83. The normalized spacial score (nSPS) is 24.1. The topological polar surface area (TPSA) is 66.4 Å². The van der Waals surface area contributed by atoms with E-state index < -0.39 is 11.5 Å². The minimum atomic E-state index is -1.16. The molecule has 0 aliphatic carbocycles. The van der Waals surface area contributed by atoms with Crippen molar-refractivity contribution in [3.05, 3.63) is 11.6 Å². The van der Waals surface area contributed by atoms with Crippen molar-refractivity contribution < 1.29 is 14.7 Å². The van der Waals surface area contributed by atoms with Crippen LogP contribution in [0.15, 0.2) is 11.6 Å². The first kappa shape index (κ1) is 12.7. The number of carbonyl (C=O) groups is 2. The molecule has 1 heterocycles. The average molecular weight is 225 g/mol. The van der Waals surface area contributed by atoms with Crippen LogP contribution in [0.2, 0.25) is 0 Å². The lowest BCUT2D eigenvalue weighted by Gasteiger charge is -2.21. The van der Waals surface area contributed by atoms with E-state index in [0.717, 1.165) is 19.3 Å². The molecule has 0 spiro atoms. The van der Waals surface area contributed by atoms with E-state index in [1.165, 1.54) is 0 Å². The van der Waals surface area contributed by atoms with Gasteiger partial charge in [-0.2, -0.15) is 0 Å². The lowest BCUT2D eigenvalue weighted by Crippen LogP contribution is -2.49. The zero-order valence-corrected chi connectivity index (χ0v) is 9.88. The molecule has 1 unspecified atom stereocenters. The number of amides is 1. The van der Waals surface area contributed by atoms with Gasteiger partial charge >= 0.3 is 5.97 Å². The molecule has 0 radical (unpaired) electrons. The van der Waals surface area contributed by atoms with Gasteiger partial charge in [-0.1, -0.05) is 26.7 Å². The summed E-state index contributed by atoms with van der Waals surface area (Å²) in [4.78, 5) is 22.9. The Morgan fingerprint density at radius 3 is 2.62 bits per heavy atom. The number of carboxylic acids is 1. The van der Waals surface area contributed by atoms with Crippen LogP contribution in [0, 0.1) is 0 Å². The van der Waals surface area contributed by atoms with Gasteiger partial charge in [0.2, 0.25) is 5.91 Å². The van der Waals surface area contributed by atoms with Gasteiger partial charge < -0.3 is 10.4 Å². The third kappa shape index (κ3) is 2.43. The van der Waals surface area contributed by atoms with Crippen molar-refractivity contribution >= 4 is 11.9 Å². The molecule has 0 saturated heterocycles. The number of aliphatic carboxylic acids is 1. The average Bonchev–Trinajstić information content (AvgIpc) is 2.54. The van der Waals surface area contributed by atoms with Gasteiger partial charge in [0, 0.05) is 5.57 Å². The second-order valence-electron chi connectivity index (χ2n) is 4.25. The first-order valence-electron chi connectivity index (χ1n) is 5.83. The number of carbonyl (C=O) groups excluding carboxylic acids is 1. The molecule has 1 aliphatic rings. The number of hydrogen-bond donors (Lipinski definition) is 2. The fraction of sp³-hybridized carbons (Fsp3) is 0.667. The molecule has 0 bridgehead atoms. The van der Waals surface area contributed by atoms with Gasteiger partial charge in [-0.25, -0.2) is 4.79 Å². The predicted octanol–water partition coefficient (Wildman–Crippen LogP) is 1.86. The van der Waals surface area contributed by atoms with Gasteiger partial charge in [0.15, 0.2) is 5.54 Å². The molecular weight excluding hydrogens is 206 g/mol. The molecule has 4 heteroatoms. The summed E-state index contributed by atoms with van der Waals surface area (Å²) < 4.78 is 0. The van der Waals surface area contributed by atoms with E-state index in [-0.39, 0.29) is 5.91 Å². The molecule has 90 valence electrons. The summed E-state index contributed by atoms with van der Waals surface area (Å²) in [6, 6.07) is 0. The Kier molecular flexibility index (Phi) is 4.10. The molecular formula is C12H19NO3. The Morgan fingerprint density at radius 1 is 1.44 bits per heavy atom. The highest BCUT2D eigenvalue weighted by Gasteiger charge is 2.42. The maximum atomic E-state index is 11.6. The summed E-state index contributed by atoms with van der Waals surface area (Å²) in [5.74, 6) is -1.18. The van der Waals surface area contributed by atoms with E-state index >= 15 is 0 Å². The van der Waals surface area contributed by atoms with Crippen LogP contribution in [-0.2, 0) is 9.59 Å². The third-order valence-electron chi connectivity index (χ3n) is 2.87. The monoisotopic (exact) mass is 225 g/mol. The first-order chi connectivity index (χ1) is 7.55. The van der Waals surface area contributed by atoms with Gasteiger partial charge in [-0.05, 0) is 25.3 Å². The van der Waals surface area contributed by atoms with Crippen LogP contribution in [0.4, 0.5) is 0 Å². The van der Waals surface area contributed by atoms with Crippen LogP contribution in [0.25, 0.3) is 0 Å². The van der Waals surface area contributed by atoms with Crippen molar-refractivity contribution in [2.24, 2.45) is 0 Å². The smallest absolute Gasteiger partial charge is 0.333 e. The standard InChI is InChI=1S/C12H19NO3/c1-3-5-6-9-8-12(7-4-2,11(15)16)13-10(9)14/h8H,3-7H2,1-2H3,(H,13,14)(H,15,16). The fourth-order valence-corrected chi connectivity index (χ4v) is 1.99. The molecule has 16 heavy (non-hydrogen) atoms. The van der Waals surface area contributed by atoms with Gasteiger partial charge in [-0.15, -0.1) is 0 Å². The molecule has 1 atom stereocenters. The quantitative estimate of drug-likeness (QED) is 0.725. The largest absolute Gasteiger partial charge is 0.479 e. The minimum absolute atomic E-state index is 0.218. The SMILES string of the molecule is CCCCC1=CC(CCC)(C(=O)O)NC1=O. The third-order valence-corrected chi connectivity index (χ3v) is 2.87. The number of carboxylic acid groups (broad SMARTS) is 1.